The lowest BCUT2D eigenvalue weighted by atomic mass is 9.96. The highest BCUT2D eigenvalue weighted by Gasteiger charge is 2.29. The molecule has 0 bridgehead atoms. The number of hydrogen-bond acceptors (Lipinski definition) is 4. The van der Waals surface area contributed by atoms with E-state index in [0.29, 0.717) is 35.8 Å². The zero-order valence-electron chi connectivity index (χ0n) is 17.1. The first-order chi connectivity index (χ1) is 14.6. The van der Waals surface area contributed by atoms with Crippen LogP contribution in [0.5, 0.6) is 11.5 Å². The number of benzene rings is 2. The standard InChI is InChI=1S/C23H25N3O4/c1-29-19-11-18(12-20(13-19)30-2)25-22(27)17-4-3-9-26(14-17)23(28)16-5-6-21-15(10-16)7-8-24-21/h5-8,10-13,17,24H,3-4,9,14H2,1-2H3,(H,25,27). The van der Waals surface area contributed by atoms with Gasteiger partial charge >= 0.3 is 0 Å². The molecule has 1 atom stereocenters. The number of hydrogen-bond donors (Lipinski definition) is 2. The SMILES string of the molecule is COc1cc(NC(=O)C2CCCN(C(=O)c3ccc4[nH]ccc4c3)C2)cc(OC)c1. The Bertz CT molecular complexity index is 1050. The van der Waals surface area contributed by atoms with Crippen molar-refractivity contribution in [1.82, 2.24) is 9.88 Å². The predicted molar refractivity (Wildman–Crippen MR) is 115 cm³/mol. The van der Waals surface area contributed by atoms with Crippen LogP contribution in [0.2, 0.25) is 0 Å². The van der Waals surface area contributed by atoms with E-state index in [0.717, 1.165) is 23.7 Å². The number of carbonyl (C=O) groups is 2. The second-order valence-corrected chi connectivity index (χ2v) is 7.46. The minimum atomic E-state index is -0.268. The van der Waals surface area contributed by atoms with Gasteiger partial charge in [0, 0.05) is 59.6 Å². The minimum absolute atomic E-state index is 0.0429. The summed E-state index contributed by atoms with van der Waals surface area (Å²) in [6.45, 7) is 1.05. The fourth-order valence-corrected chi connectivity index (χ4v) is 3.87. The average molecular weight is 407 g/mol. The van der Waals surface area contributed by atoms with Crippen LogP contribution in [0.4, 0.5) is 5.69 Å². The van der Waals surface area contributed by atoms with Gasteiger partial charge in [0.25, 0.3) is 5.91 Å². The van der Waals surface area contributed by atoms with Crippen LogP contribution >= 0.6 is 0 Å². The van der Waals surface area contributed by atoms with Gasteiger partial charge in [0.15, 0.2) is 0 Å². The molecule has 2 heterocycles. The van der Waals surface area contributed by atoms with Crippen LogP contribution in [0.1, 0.15) is 23.2 Å². The topological polar surface area (TPSA) is 83.7 Å². The fraction of sp³-hybridized carbons (Fsp3) is 0.304. The first kappa shape index (κ1) is 19.8. The van der Waals surface area contributed by atoms with Crippen LogP contribution in [0, 0.1) is 5.92 Å². The van der Waals surface area contributed by atoms with Crippen molar-refractivity contribution in [3.63, 3.8) is 0 Å². The highest BCUT2D eigenvalue weighted by molar-refractivity contribution is 5.99. The number of amides is 2. The van der Waals surface area contributed by atoms with Gasteiger partial charge in [0.2, 0.25) is 5.91 Å². The van der Waals surface area contributed by atoms with E-state index in [4.69, 9.17) is 9.47 Å². The Morgan fingerprint density at radius 2 is 1.83 bits per heavy atom. The van der Waals surface area contributed by atoms with Gasteiger partial charge in [-0.3, -0.25) is 9.59 Å². The number of carbonyl (C=O) groups excluding carboxylic acids is 2. The summed E-state index contributed by atoms with van der Waals surface area (Å²) in [6, 6.07) is 12.8. The van der Waals surface area contributed by atoms with Gasteiger partial charge in [0.1, 0.15) is 11.5 Å². The predicted octanol–water partition coefficient (Wildman–Crippen LogP) is 3.68. The van der Waals surface area contributed by atoms with Gasteiger partial charge in [-0.1, -0.05) is 0 Å². The van der Waals surface area contributed by atoms with Gasteiger partial charge in [-0.25, -0.2) is 0 Å². The number of likely N-dealkylation sites (tertiary alicyclic amines) is 1. The van der Waals surface area contributed by atoms with Crippen LogP contribution in [-0.4, -0.2) is 49.0 Å². The molecule has 4 rings (SSSR count). The summed E-state index contributed by atoms with van der Waals surface area (Å²) in [6.07, 6.45) is 3.39. The molecule has 2 amide bonds. The third-order valence-electron chi connectivity index (χ3n) is 5.50. The summed E-state index contributed by atoms with van der Waals surface area (Å²) in [5, 5.41) is 3.94. The normalized spacial score (nSPS) is 16.3. The molecule has 0 spiro atoms. The number of aromatic amines is 1. The monoisotopic (exact) mass is 407 g/mol. The van der Waals surface area contributed by atoms with Crippen molar-refractivity contribution in [3.8, 4) is 11.5 Å². The van der Waals surface area contributed by atoms with Crippen molar-refractivity contribution < 1.29 is 19.1 Å². The third-order valence-corrected chi connectivity index (χ3v) is 5.50. The van der Waals surface area contributed by atoms with E-state index in [1.165, 1.54) is 0 Å². The van der Waals surface area contributed by atoms with Crippen LogP contribution < -0.4 is 14.8 Å². The number of anilines is 1. The maximum absolute atomic E-state index is 13.0. The highest BCUT2D eigenvalue weighted by atomic mass is 16.5. The van der Waals surface area contributed by atoms with E-state index in [2.05, 4.69) is 10.3 Å². The number of fused-ring (bicyclic) bond motifs is 1. The quantitative estimate of drug-likeness (QED) is 0.676. The Labute approximate surface area is 175 Å². The van der Waals surface area contributed by atoms with Crippen LogP contribution in [0.25, 0.3) is 10.9 Å². The molecule has 2 N–H and O–H groups in total. The molecule has 1 saturated heterocycles. The summed E-state index contributed by atoms with van der Waals surface area (Å²) in [4.78, 5) is 30.8. The summed E-state index contributed by atoms with van der Waals surface area (Å²) in [5.74, 6) is 0.786. The van der Waals surface area contributed by atoms with Crippen molar-refractivity contribution in [2.45, 2.75) is 12.8 Å². The van der Waals surface area contributed by atoms with Gasteiger partial charge in [-0.05, 0) is 37.1 Å². The number of nitrogens with one attached hydrogen (secondary N) is 2. The molecule has 7 nitrogen and oxygen atoms in total. The lowest BCUT2D eigenvalue weighted by Gasteiger charge is -2.32. The number of nitrogens with zero attached hydrogens (tertiary/aromatic N) is 1. The molecular formula is C23H25N3O4. The lowest BCUT2D eigenvalue weighted by molar-refractivity contribution is -0.121. The van der Waals surface area contributed by atoms with Crippen molar-refractivity contribution in [2.75, 3.05) is 32.6 Å². The van der Waals surface area contributed by atoms with Crippen molar-refractivity contribution in [2.24, 2.45) is 5.92 Å². The van der Waals surface area contributed by atoms with Crippen LogP contribution in [0.3, 0.4) is 0 Å². The van der Waals surface area contributed by atoms with Gasteiger partial charge < -0.3 is 24.7 Å². The van der Waals surface area contributed by atoms with Crippen molar-refractivity contribution >= 4 is 28.4 Å². The molecule has 7 heteroatoms. The maximum Gasteiger partial charge on any atom is 0.253 e. The zero-order valence-corrected chi connectivity index (χ0v) is 17.1. The molecule has 1 unspecified atom stereocenters. The molecule has 1 aromatic heterocycles. The molecular weight excluding hydrogens is 382 g/mol. The van der Waals surface area contributed by atoms with Gasteiger partial charge in [0.05, 0.1) is 20.1 Å². The second-order valence-electron chi connectivity index (χ2n) is 7.46. The fourth-order valence-electron chi connectivity index (χ4n) is 3.87. The van der Waals surface area contributed by atoms with E-state index < -0.39 is 0 Å². The average Bonchev–Trinajstić information content (AvgIpc) is 3.26. The Morgan fingerprint density at radius 3 is 2.57 bits per heavy atom. The van der Waals surface area contributed by atoms with E-state index in [1.807, 2.05) is 30.5 Å². The number of H-pyrrole nitrogens is 1. The molecule has 2 aromatic carbocycles. The van der Waals surface area contributed by atoms with E-state index in [9.17, 15) is 9.59 Å². The molecule has 156 valence electrons. The van der Waals surface area contributed by atoms with Crippen molar-refractivity contribution in [3.05, 3.63) is 54.2 Å². The molecule has 1 aliphatic heterocycles. The Morgan fingerprint density at radius 1 is 1.07 bits per heavy atom. The summed E-state index contributed by atoms with van der Waals surface area (Å²) in [5.41, 5.74) is 2.24. The second kappa shape index (κ2) is 8.49. The minimum Gasteiger partial charge on any atom is -0.497 e. The number of methoxy groups -OCH3 is 2. The van der Waals surface area contributed by atoms with Crippen LogP contribution in [-0.2, 0) is 4.79 Å². The number of ether oxygens (including phenoxy) is 2. The third kappa shape index (κ3) is 4.10. The van der Waals surface area contributed by atoms with E-state index >= 15 is 0 Å². The Hall–Kier alpha value is -3.48. The van der Waals surface area contributed by atoms with E-state index in [1.54, 1.807) is 37.3 Å². The molecule has 3 aromatic rings. The largest absolute Gasteiger partial charge is 0.497 e. The summed E-state index contributed by atoms with van der Waals surface area (Å²) < 4.78 is 10.5. The highest BCUT2D eigenvalue weighted by Crippen LogP contribution is 2.27. The molecule has 0 radical (unpaired) electrons. The van der Waals surface area contributed by atoms with Crippen molar-refractivity contribution in [1.29, 1.82) is 0 Å². The number of piperidine rings is 1. The zero-order chi connectivity index (χ0) is 21.1. The smallest absolute Gasteiger partial charge is 0.253 e. The molecule has 0 aliphatic carbocycles. The lowest BCUT2D eigenvalue weighted by Crippen LogP contribution is -2.43. The molecule has 1 fully saturated rings. The van der Waals surface area contributed by atoms with Gasteiger partial charge in [-0.15, -0.1) is 0 Å². The maximum atomic E-state index is 13.0. The summed E-state index contributed by atoms with van der Waals surface area (Å²) in [7, 11) is 3.13. The first-order valence-corrected chi connectivity index (χ1v) is 9.97. The first-order valence-electron chi connectivity index (χ1n) is 9.97. The number of rotatable bonds is 5. The van der Waals surface area contributed by atoms with Crippen LogP contribution in [0.15, 0.2) is 48.7 Å². The van der Waals surface area contributed by atoms with E-state index in [-0.39, 0.29) is 17.7 Å². The molecule has 0 saturated carbocycles. The molecule has 1 aliphatic rings. The number of aromatic nitrogens is 1. The van der Waals surface area contributed by atoms with Gasteiger partial charge in [-0.2, -0.15) is 0 Å². The molecule has 30 heavy (non-hydrogen) atoms. The summed E-state index contributed by atoms with van der Waals surface area (Å²) >= 11 is 0. The Kier molecular flexibility index (Phi) is 5.61. The Balaban J connectivity index is 1.45.